The average molecular weight is 184 g/mol. The van der Waals surface area contributed by atoms with Crippen LogP contribution in [-0.4, -0.2) is 22.3 Å². The number of rotatable bonds is 6. The summed E-state index contributed by atoms with van der Waals surface area (Å²) in [6, 6.07) is 0. The minimum Gasteiger partial charge on any atom is -0.481 e. The van der Waals surface area contributed by atoms with E-state index in [9.17, 15) is 4.79 Å². The maximum absolute atomic E-state index is 10.1. The number of aliphatic hydroxyl groups is 1. The third kappa shape index (κ3) is 8.82. The van der Waals surface area contributed by atoms with Gasteiger partial charge in [0.2, 0.25) is 0 Å². The second-order valence-electron chi connectivity index (χ2n) is 2.77. The highest BCUT2D eigenvalue weighted by Crippen LogP contribution is 1.95. The van der Waals surface area contributed by atoms with E-state index in [1.54, 1.807) is 6.08 Å². The van der Waals surface area contributed by atoms with Gasteiger partial charge in [-0.15, -0.1) is 0 Å². The molecule has 0 spiro atoms. The van der Waals surface area contributed by atoms with Gasteiger partial charge in [-0.25, -0.2) is 0 Å². The number of aliphatic carboxylic acids is 1. The lowest BCUT2D eigenvalue weighted by atomic mass is 10.2. The second kappa shape index (κ2) is 7.55. The quantitative estimate of drug-likeness (QED) is 0.618. The second-order valence-corrected chi connectivity index (χ2v) is 2.77. The van der Waals surface area contributed by atoms with Crippen molar-refractivity contribution in [3.8, 4) is 0 Å². The monoisotopic (exact) mass is 184 g/mol. The molecular formula is C10H16O3. The molecule has 0 aliphatic carbocycles. The predicted molar refractivity (Wildman–Crippen MR) is 51.4 cm³/mol. The van der Waals surface area contributed by atoms with Crippen LogP contribution in [0.1, 0.15) is 26.2 Å². The molecule has 0 saturated heterocycles. The van der Waals surface area contributed by atoms with Crippen LogP contribution in [0.4, 0.5) is 0 Å². The predicted octanol–water partition coefficient (Wildman–Crippen LogP) is 1.73. The SMILES string of the molecule is CCC/C=C/C=C/C(O)CC(=O)O. The van der Waals surface area contributed by atoms with Crippen LogP contribution < -0.4 is 0 Å². The van der Waals surface area contributed by atoms with Crippen molar-refractivity contribution < 1.29 is 15.0 Å². The molecule has 0 bridgehead atoms. The Bertz CT molecular complexity index is 194. The molecule has 0 aromatic heterocycles. The van der Waals surface area contributed by atoms with E-state index in [0.717, 1.165) is 12.8 Å². The first-order valence-corrected chi connectivity index (χ1v) is 4.40. The number of hydrogen-bond acceptors (Lipinski definition) is 2. The lowest BCUT2D eigenvalue weighted by Gasteiger charge is -1.98. The first kappa shape index (κ1) is 11.9. The first-order valence-electron chi connectivity index (χ1n) is 4.40. The van der Waals surface area contributed by atoms with Crippen LogP contribution in [-0.2, 0) is 4.79 Å². The van der Waals surface area contributed by atoms with Crippen molar-refractivity contribution in [3.05, 3.63) is 24.3 Å². The van der Waals surface area contributed by atoms with Crippen LogP contribution in [0.15, 0.2) is 24.3 Å². The van der Waals surface area contributed by atoms with Crippen molar-refractivity contribution in [2.45, 2.75) is 32.3 Å². The van der Waals surface area contributed by atoms with Crippen molar-refractivity contribution >= 4 is 5.97 Å². The van der Waals surface area contributed by atoms with Crippen LogP contribution in [0.25, 0.3) is 0 Å². The molecule has 0 aliphatic rings. The van der Waals surface area contributed by atoms with Gasteiger partial charge >= 0.3 is 5.97 Å². The molecule has 13 heavy (non-hydrogen) atoms. The van der Waals surface area contributed by atoms with Crippen LogP contribution >= 0.6 is 0 Å². The molecule has 0 amide bonds. The van der Waals surface area contributed by atoms with Crippen molar-refractivity contribution in [2.75, 3.05) is 0 Å². The zero-order valence-electron chi connectivity index (χ0n) is 7.81. The van der Waals surface area contributed by atoms with Gasteiger partial charge in [0.05, 0.1) is 12.5 Å². The summed E-state index contributed by atoms with van der Waals surface area (Å²) in [5, 5.41) is 17.4. The zero-order valence-corrected chi connectivity index (χ0v) is 7.81. The average Bonchev–Trinajstić information content (AvgIpc) is 2.02. The summed E-state index contributed by atoms with van der Waals surface area (Å²) in [5.74, 6) is -0.991. The number of unbranched alkanes of at least 4 members (excludes halogenated alkanes) is 1. The Morgan fingerprint density at radius 2 is 2.15 bits per heavy atom. The fourth-order valence-electron chi connectivity index (χ4n) is 0.781. The Kier molecular flexibility index (Phi) is 6.92. The minimum atomic E-state index is -0.991. The van der Waals surface area contributed by atoms with E-state index in [2.05, 4.69) is 6.92 Å². The van der Waals surface area contributed by atoms with E-state index < -0.39 is 12.1 Å². The van der Waals surface area contributed by atoms with Crippen molar-refractivity contribution in [1.82, 2.24) is 0 Å². The number of carboxylic acids is 1. The summed E-state index contributed by atoms with van der Waals surface area (Å²) in [4.78, 5) is 10.1. The molecule has 0 radical (unpaired) electrons. The Morgan fingerprint density at radius 1 is 1.46 bits per heavy atom. The van der Waals surface area contributed by atoms with Crippen molar-refractivity contribution in [3.63, 3.8) is 0 Å². The van der Waals surface area contributed by atoms with Gasteiger partial charge in [-0.2, -0.15) is 0 Å². The molecule has 0 aliphatic heterocycles. The van der Waals surface area contributed by atoms with Gasteiger partial charge in [-0.05, 0) is 6.42 Å². The van der Waals surface area contributed by atoms with Crippen LogP contribution in [0, 0.1) is 0 Å². The van der Waals surface area contributed by atoms with E-state index in [4.69, 9.17) is 10.2 Å². The number of carbonyl (C=O) groups is 1. The van der Waals surface area contributed by atoms with E-state index >= 15 is 0 Å². The number of aliphatic hydroxyl groups excluding tert-OH is 1. The summed E-state index contributed by atoms with van der Waals surface area (Å²) in [7, 11) is 0. The smallest absolute Gasteiger partial charge is 0.306 e. The molecule has 3 nitrogen and oxygen atoms in total. The fraction of sp³-hybridized carbons (Fsp3) is 0.500. The number of hydrogen-bond donors (Lipinski definition) is 2. The molecule has 0 rings (SSSR count). The van der Waals surface area contributed by atoms with Gasteiger partial charge in [0.25, 0.3) is 0 Å². The Labute approximate surface area is 78.4 Å². The standard InChI is InChI=1S/C10H16O3/c1-2-3-4-5-6-7-9(11)8-10(12)13/h4-7,9,11H,2-3,8H2,1H3,(H,12,13)/b5-4+,7-6+. The molecule has 1 atom stereocenters. The van der Waals surface area contributed by atoms with E-state index in [1.807, 2.05) is 12.2 Å². The van der Waals surface area contributed by atoms with Gasteiger partial charge in [0.1, 0.15) is 0 Å². The first-order chi connectivity index (χ1) is 6.16. The Balaban J connectivity index is 3.64. The molecule has 3 heteroatoms. The zero-order chi connectivity index (χ0) is 10.1. The maximum atomic E-state index is 10.1. The van der Waals surface area contributed by atoms with E-state index in [1.165, 1.54) is 6.08 Å². The van der Waals surface area contributed by atoms with E-state index in [-0.39, 0.29) is 6.42 Å². The lowest BCUT2D eigenvalue weighted by Crippen LogP contribution is -2.09. The highest BCUT2D eigenvalue weighted by molar-refractivity contribution is 5.67. The molecule has 74 valence electrons. The highest BCUT2D eigenvalue weighted by atomic mass is 16.4. The molecule has 0 heterocycles. The maximum Gasteiger partial charge on any atom is 0.306 e. The fourth-order valence-corrected chi connectivity index (χ4v) is 0.781. The molecule has 0 saturated carbocycles. The molecule has 1 unspecified atom stereocenters. The van der Waals surface area contributed by atoms with Gasteiger partial charge in [0.15, 0.2) is 0 Å². The van der Waals surface area contributed by atoms with Gasteiger partial charge in [0, 0.05) is 0 Å². The van der Waals surface area contributed by atoms with Gasteiger partial charge < -0.3 is 10.2 Å². The number of allylic oxidation sites excluding steroid dienone is 3. The summed E-state index contributed by atoms with van der Waals surface area (Å²) in [5.41, 5.74) is 0. The summed E-state index contributed by atoms with van der Waals surface area (Å²) >= 11 is 0. The Morgan fingerprint density at radius 3 is 2.69 bits per heavy atom. The largest absolute Gasteiger partial charge is 0.481 e. The lowest BCUT2D eigenvalue weighted by molar-refractivity contribution is -0.138. The minimum absolute atomic E-state index is 0.238. The third-order valence-electron chi connectivity index (χ3n) is 1.42. The van der Waals surface area contributed by atoms with Gasteiger partial charge in [-0.1, -0.05) is 37.6 Å². The molecule has 0 aromatic carbocycles. The van der Waals surface area contributed by atoms with Crippen LogP contribution in [0.2, 0.25) is 0 Å². The van der Waals surface area contributed by atoms with Crippen LogP contribution in [0.3, 0.4) is 0 Å². The van der Waals surface area contributed by atoms with Crippen LogP contribution in [0.5, 0.6) is 0 Å². The summed E-state index contributed by atoms with van der Waals surface area (Å²) < 4.78 is 0. The summed E-state index contributed by atoms with van der Waals surface area (Å²) in [6.45, 7) is 2.08. The highest BCUT2D eigenvalue weighted by Gasteiger charge is 2.03. The molecule has 0 fully saturated rings. The van der Waals surface area contributed by atoms with Crippen molar-refractivity contribution in [1.29, 1.82) is 0 Å². The third-order valence-corrected chi connectivity index (χ3v) is 1.42. The van der Waals surface area contributed by atoms with E-state index in [0.29, 0.717) is 0 Å². The molecule has 2 N–H and O–H groups in total. The van der Waals surface area contributed by atoms with Crippen molar-refractivity contribution in [2.24, 2.45) is 0 Å². The van der Waals surface area contributed by atoms with Gasteiger partial charge in [-0.3, -0.25) is 4.79 Å². The molecule has 0 aromatic rings. The summed E-state index contributed by atoms with van der Waals surface area (Å²) in [6.07, 6.45) is 7.89. The topological polar surface area (TPSA) is 57.5 Å². The normalized spacial score (nSPS) is 14.0. The Hall–Kier alpha value is -1.09. The molecular weight excluding hydrogens is 168 g/mol. The number of carboxylic acid groups (broad SMARTS) is 1.